The van der Waals surface area contributed by atoms with Crippen LogP contribution in [0.1, 0.15) is 10.4 Å². The van der Waals surface area contributed by atoms with Crippen molar-refractivity contribution in [2.45, 2.75) is 4.90 Å². The van der Waals surface area contributed by atoms with Crippen LogP contribution in [0.3, 0.4) is 0 Å². The van der Waals surface area contributed by atoms with Crippen LogP contribution in [0, 0.1) is 0 Å². The molecular formula is C10H12N2O4S. The fraction of sp³-hybridized carbons (Fsp3) is 0.100. The topological polar surface area (TPSA) is 109 Å². The molecule has 0 aliphatic heterocycles. The lowest BCUT2D eigenvalue weighted by molar-refractivity contribution is 0.0692. The van der Waals surface area contributed by atoms with Gasteiger partial charge in [0.1, 0.15) is 0 Å². The second-order valence-electron chi connectivity index (χ2n) is 3.20. The molecule has 0 aliphatic carbocycles. The highest BCUT2D eigenvalue weighted by Gasteiger charge is 2.21. The van der Waals surface area contributed by atoms with Gasteiger partial charge in [0.05, 0.1) is 10.5 Å². The Labute approximate surface area is 98.8 Å². The van der Waals surface area contributed by atoms with E-state index in [4.69, 9.17) is 10.8 Å². The fourth-order valence-corrected chi connectivity index (χ4v) is 2.41. The number of rotatable bonds is 5. The molecule has 0 saturated heterocycles. The maximum absolute atomic E-state index is 11.8. The molecule has 1 rings (SSSR count). The van der Waals surface area contributed by atoms with Crippen LogP contribution < -0.4 is 10.5 Å². The second-order valence-corrected chi connectivity index (χ2v) is 4.94. The first-order valence-corrected chi connectivity index (χ1v) is 6.10. The van der Waals surface area contributed by atoms with Crippen LogP contribution >= 0.6 is 0 Å². The molecule has 0 heterocycles. The van der Waals surface area contributed by atoms with E-state index in [2.05, 4.69) is 11.3 Å². The molecule has 0 aromatic heterocycles. The number of nitrogen functional groups attached to an aromatic ring is 1. The van der Waals surface area contributed by atoms with Crippen molar-refractivity contribution in [3.05, 3.63) is 36.4 Å². The average molecular weight is 256 g/mol. The van der Waals surface area contributed by atoms with Gasteiger partial charge in [-0.15, -0.1) is 6.58 Å². The number of carboxylic acids is 1. The zero-order valence-corrected chi connectivity index (χ0v) is 9.70. The van der Waals surface area contributed by atoms with Crippen molar-refractivity contribution < 1.29 is 18.3 Å². The Kier molecular flexibility index (Phi) is 3.87. The van der Waals surface area contributed by atoms with E-state index in [0.717, 1.165) is 12.1 Å². The third-order valence-corrected chi connectivity index (χ3v) is 3.41. The van der Waals surface area contributed by atoms with Gasteiger partial charge in [0.2, 0.25) is 10.0 Å². The highest BCUT2D eigenvalue weighted by molar-refractivity contribution is 7.89. The number of anilines is 1. The van der Waals surface area contributed by atoms with E-state index in [-0.39, 0.29) is 22.7 Å². The second kappa shape index (κ2) is 4.98. The summed E-state index contributed by atoms with van der Waals surface area (Å²) >= 11 is 0. The van der Waals surface area contributed by atoms with Gasteiger partial charge < -0.3 is 10.8 Å². The largest absolute Gasteiger partial charge is 0.478 e. The Balaban J connectivity index is 3.33. The molecule has 0 fully saturated rings. The molecule has 0 aliphatic rings. The molecule has 0 saturated carbocycles. The minimum absolute atomic E-state index is 0.0101. The number of nitrogens with two attached hydrogens (primary N) is 1. The lowest BCUT2D eigenvalue weighted by atomic mass is 10.2. The van der Waals surface area contributed by atoms with Crippen LogP contribution in [0.25, 0.3) is 0 Å². The molecule has 0 spiro atoms. The van der Waals surface area contributed by atoms with E-state index in [9.17, 15) is 13.2 Å². The summed E-state index contributed by atoms with van der Waals surface area (Å²) in [5, 5.41) is 8.89. The minimum Gasteiger partial charge on any atom is -0.478 e. The first kappa shape index (κ1) is 13.2. The summed E-state index contributed by atoms with van der Waals surface area (Å²) < 4.78 is 25.8. The van der Waals surface area contributed by atoms with Crippen molar-refractivity contribution in [2.24, 2.45) is 0 Å². The van der Waals surface area contributed by atoms with Crippen molar-refractivity contribution in [3.63, 3.8) is 0 Å². The molecular weight excluding hydrogens is 244 g/mol. The Morgan fingerprint density at radius 3 is 2.71 bits per heavy atom. The lowest BCUT2D eigenvalue weighted by Gasteiger charge is -2.08. The molecule has 0 unspecified atom stereocenters. The van der Waals surface area contributed by atoms with Gasteiger partial charge in [0, 0.05) is 12.2 Å². The summed E-state index contributed by atoms with van der Waals surface area (Å²) in [5.74, 6) is -1.33. The number of nitrogens with one attached hydrogen (secondary N) is 1. The van der Waals surface area contributed by atoms with E-state index >= 15 is 0 Å². The molecule has 6 nitrogen and oxygen atoms in total. The summed E-state index contributed by atoms with van der Waals surface area (Å²) in [4.78, 5) is 10.5. The number of carbonyl (C=O) groups is 1. The molecule has 92 valence electrons. The van der Waals surface area contributed by atoms with Crippen molar-refractivity contribution in [1.82, 2.24) is 4.72 Å². The Morgan fingerprint density at radius 2 is 2.18 bits per heavy atom. The highest BCUT2D eigenvalue weighted by Crippen LogP contribution is 2.19. The first-order chi connectivity index (χ1) is 7.88. The summed E-state index contributed by atoms with van der Waals surface area (Å²) in [5.41, 5.74) is 5.30. The third-order valence-electron chi connectivity index (χ3n) is 1.94. The van der Waals surface area contributed by atoms with Crippen LogP contribution in [0.15, 0.2) is 35.7 Å². The maximum atomic E-state index is 11.8. The van der Waals surface area contributed by atoms with Gasteiger partial charge in [0.25, 0.3) is 0 Å². The number of benzene rings is 1. The van der Waals surface area contributed by atoms with Crippen molar-refractivity contribution in [1.29, 1.82) is 0 Å². The summed E-state index contributed by atoms with van der Waals surface area (Å²) in [6.07, 6.45) is 1.35. The van der Waals surface area contributed by atoms with Gasteiger partial charge in [0.15, 0.2) is 0 Å². The first-order valence-electron chi connectivity index (χ1n) is 4.62. The fourth-order valence-electron chi connectivity index (χ4n) is 1.18. The van der Waals surface area contributed by atoms with E-state index < -0.39 is 16.0 Å². The third kappa shape index (κ3) is 3.05. The summed E-state index contributed by atoms with van der Waals surface area (Å²) in [6.45, 7) is 3.37. The SMILES string of the molecule is C=CCNS(=O)(=O)c1cc(N)ccc1C(=O)O. The van der Waals surface area contributed by atoms with Gasteiger partial charge >= 0.3 is 5.97 Å². The maximum Gasteiger partial charge on any atom is 0.337 e. The van der Waals surface area contributed by atoms with Crippen molar-refractivity contribution >= 4 is 21.7 Å². The monoisotopic (exact) mass is 256 g/mol. The van der Waals surface area contributed by atoms with Gasteiger partial charge in [-0.05, 0) is 18.2 Å². The quantitative estimate of drug-likeness (QED) is 0.523. The zero-order valence-electron chi connectivity index (χ0n) is 8.88. The Morgan fingerprint density at radius 1 is 1.53 bits per heavy atom. The van der Waals surface area contributed by atoms with E-state index in [1.807, 2.05) is 0 Å². The van der Waals surface area contributed by atoms with Crippen LogP contribution in [-0.4, -0.2) is 26.0 Å². The summed E-state index contributed by atoms with van der Waals surface area (Å²) in [7, 11) is -3.90. The molecule has 0 bridgehead atoms. The molecule has 4 N–H and O–H groups in total. The number of carboxylic acid groups (broad SMARTS) is 1. The molecule has 1 aromatic carbocycles. The van der Waals surface area contributed by atoms with Crippen molar-refractivity contribution in [3.8, 4) is 0 Å². The number of aromatic carboxylic acids is 1. The normalized spacial score (nSPS) is 11.1. The predicted octanol–water partition coefficient (Wildman–Crippen LogP) is 0.431. The molecule has 0 amide bonds. The molecule has 0 atom stereocenters. The summed E-state index contributed by atoms with van der Waals surface area (Å²) in [6, 6.07) is 3.59. The minimum atomic E-state index is -3.90. The number of hydrogen-bond donors (Lipinski definition) is 3. The number of sulfonamides is 1. The van der Waals surface area contributed by atoms with Crippen LogP contribution in [-0.2, 0) is 10.0 Å². The Hall–Kier alpha value is -1.86. The average Bonchev–Trinajstić information content (AvgIpc) is 2.26. The molecule has 0 radical (unpaired) electrons. The van der Waals surface area contributed by atoms with E-state index in [1.54, 1.807) is 0 Å². The van der Waals surface area contributed by atoms with Gasteiger partial charge in [-0.1, -0.05) is 6.08 Å². The van der Waals surface area contributed by atoms with Crippen LogP contribution in [0.5, 0.6) is 0 Å². The Bertz CT molecular complexity index is 551. The van der Waals surface area contributed by atoms with E-state index in [0.29, 0.717) is 0 Å². The van der Waals surface area contributed by atoms with Gasteiger partial charge in [-0.25, -0.2) is 17.9 Å². The van der Waals surface area contributed by atoms with E-state index in [1.165, 1.54) is 12.1 Å². The smallest absolute Gasteiger partial charge is 0.337 e. The van der Waals surface area contributed by atoms with Crippen molar-refractivity contribution in [2.75, 3.05) is 12.3 Å². The number of hydrogen-bond acceptors (Lipinski definition) is 4. The highest BCUT2D eigenvalue weighted by atomic mass is 32.2. The van der Waals surface area contributed by atoms with Gasteiger partial charge in [-0.3, -0.25) is 0 Å². The lowest BCUT2D eigenvalue weighted by Crippen LogP contribution is -2.25. The zero-order chi connectivity index (χ0) is 13.1. The molecule has 7 heteroatoms. The standard InChI is InChI=1S/C10H12N2O4S/c1-2-5-12-17(15,16)9-6-7(11)3-4-8(9)10(13)14/h2-4,6,12H,1,5,11H2,(H,13,14). The predicted molar refractivity (Wildman–Crippen MR) is 63.2 cm³/mol. The van der Waals surface area contributed by atoms with Crippen LogP contribution in [0.2, 0.25) is 0 Å². The molecule has 17 heavy (non-hydrogen) atoms. The molecule has 1 aromatic rings. The van der Waals surface area contributed by atoms with Gasteiger partial charge in [-0.2, -0.15) is 0 Å². The van der Waals surface area contributed by atoms with Crippen LogP contribution in [0.4, 0.5) is 5.69 Å².